The Labute approximate surface area is 81.0 Å². The molecular formula is C3H7NaO5Si. The van der Waals surface area contributed by atoms with Crippen molar-refractivity contribution in [3.05, 3.63) is 0 Å². The van der Waals surface area contributed by atoms with Crippen LogP contribution < -0.4 is 34.7 Å². The van der Waals surface area contributed by atoms with E-state index in [2.05, 4.69) is 0 Å². The summed E-state index contributed by atoms with van der Waals surface area (Å²) >= 11 is 0. The van der Waals surface area contributed by atoms with Crippen LogP contribution in [0.3, 0.4) is 0 Å². The first-order valence-electron chi connectivity index (χ1n) is 2.23. The molecule has 1 atom stereocenters. The van der Waals surface area contributed by atoms with Crippen molar-refractivity contribution < 1.29 is 53.8 Å². The van der Waals surface area contributed by atoms with Crippen molar-refractivity contribution in [2.75, 3.05) is 0 Å². The predicted molar refractivity (Wildman–Crippen MR) is 26.8 cm³/mol. The SMILES string of the molecule is CC(C(=O)[O-])[Si](O)(O)O.[Na+]. The van der Waals surface area contributed by atoms with E-state index in [1.807, 2.05) is 0 Å². The minimum Gasteiger partial charge on any atom is -0.550 e. The summed E-state index contributed by atoms with van der Waals surface area (Å²) in [6, 6.07) is 0. The van der Waals surface area contributed by atoms with E-state index < -0.39 is 20.3 Å². The molecule has 0 aromatic rings. The number of hydrogen-bond donors (Lipinski definition) is 3. The fourth-order valence-electron chi connectivity index (χ4n) is 0.158. The molecule has 0 aliphatic carbocycles. The molecule has 0 heterocycles. The Morgan fingerprint density at radius 2 is 1.80 bits per heavy atom. The third kappa shape index (κ3) is 4.39. The van der Waals surface area contributed by atoms with Crippen molar-refractivity contribution in [3.8, 4) is 0 Å². The summed E-state index contributed by atoms with van der Waals surface area (Å²) in [6.45, 7) is 0.974. The third-order valence-electron chi connectivity index (χ3n) is 0.935. The molecule has 54 valence electrons. The molecule has 3 N–H and O–H groups in total. The van der Waals surface area contributed by atoms with E-state index in [4.69, 9.17) is 14.4 Å². The van der Waals surface area contributed by atoms with Gasteiger partial charge in [-0.2, -0.15) is 0 Å². The smallest absolute Gasteiger partial charge is 0.550 e. The number of hydrogen-bond acceptors (Lipinski definition) is 5. The van der Waals surface area contributed by atoms with Crippen LogP contribution in [0.15, 0.2) is 0 Å². The van der Waals surface area contributed by atoms with Crippen LogP contribution in [0, 0.1) is 0 Å². The minimum absolute atomic E-state index is 0. The minimum atomic E-state index is -4.49. The van der Waals surface area contributed by atoms with Gasteiger partial charge in [0.05, 0.1) is 5.54 Å². The standard InChI is InChI=1S/C3H8O5Si.Na/c1-2(3(4)5)9(6,7)8;/h2,6-8H,1H3,(H,4,5);/q;+1/p-1. The van der Waals surface area contributed by atoms with Crippen LogP contribution in [-0.2, 0) is 4.79 Å². The molecule has 0 amide bonds. The molecule has 0 fully saturated rings. The zero-order valence-corrected chi connectivity index (χ0v) is 8.74. The van der Waals surface area contributed by atoms with Crippen LogP contribution in [0.1, 0.15) is 6.92 Å². The van der Waals surface area contributed by atoms with E-state index in [1.165, 1.54) is 0 Å². The van der Waals surface area contributed by atoms with E-state index in [0.29, 0.717) is 0 Å². The molecule has 1 unspecified atom stereocenters. The van der Waals surface area contributed by atoms with Gasteiger partial charge in [-0.25, -0.2) is 0 Å². The molecule has 0 aliphatic heterocycles. The molecular weight excluding hydrogens is 167 g/mol. The first-order valence-corrected chi connectivity index (χ1v) is 4.15. The number of rotatable bonds is 2. The maximum absolute atomic E-state index is 9.79. The van der Waals surface area contributed by atoms with Gasteiger partial charge in [0.1, 0.15) is 0 Å². The predicted octanol–water partition coefficient (Wildman–Crippen LogP) is -5.95. The van der Waals surface area contributed by atoms with Gasteiger partial charge in [-0.05, 0) is 0 Å². The van der Waals surface area contributed by atoms with Crippen molar-refractivity contribution in [1.82, 2.24) is 0 Å². The average Bonchev–Trinajstić information content (AvgIpc) is 1.62. The topological polar surface area (TPSA) is 101 Å². The summed E-state index contributed by atoms with van der Waals surface area (Å²) in [5, 5.41) is 9.79. The van der Waals surface area contributed by atoms with Crippen molar-refractivity contribution in [1.29, 1.82) is 0 Å². The molecule has 0 saturated heterocycles. The van der Waals surface area contributed by atoms with Gasteiger partial charge in [-0.15, -0.1) is 0 Å². The third-order valence-corrected chi connectivity index (χ3v) is 2.33. The summed E-state index contributed by atoms with van der Waals surface area (Å²) in [6.07, 6.45) is 0. The van der Waals surface area contributed by atoms with Gasteiger partial charge in [-0.1, -0.05) is 6.92 Å². The van der Waals surface area contributed by atoms with E-state index in [-0.39, 0.29) is 29.6 Å². The van der Waals surface area contributed by atoms with E-state index in [1.54, 1.807) is 0 Å². The quantitative estimate of drug-likeness (QED) is 0.362. The summed E-state index contributed by atoms with van der Waals surface area (Å²) in [5.41, 5.74) is -1.57. The Bertz CT molecular complexity index is 121. The van der Waals surface area contributed by atoms with Crippen LogP contribution in [0.25, 0.3) is 0 Å². The zero-order chi connectivity index (χ0) is 7.65. The molecule has 0 bridgehead atoms. The van der Waals surface area contributed by atoms with Gasteiger partial charge < -0.3 is 24.3 Å². The summed E-state index contributed by atoms with van der Waals surface area (Å²) < 4.78 is 0. The largest absolute Gasteiger partial charge is 1.00 e. The molecule has 0 spiro atoms. The number of carbonyl (C=O) groups is 1. The Kier molecular flexibility index (Phi) is 5.86. The molecule has 0 rings (SSSR count). The number of carboxylic acid groups (broad SMARTS) is 1. The van der Waals surface area contributed by atoms with Gasteiger partial charge >= 0.3 is 38.4 Å². The second-order valence-electron chi connectivity index (χ2n) is 1.73. The molecule has 0 saturated carbocycles. The first kappa shape index (κ1) is 13.2. The maximum Gasteiger partial charge on any atom is 1.00 e. The Hall–Kier alpha value is 0.567. The molecule has 0 radical (unpaired) electrons. The summed E-state index contributed by atoms with van der Waals surface area (Å²) in [5.74, 6) is -1.66. The van der Waals surface area contributed by atoms with Crippen LogP contribution in [-0.4, -0.2) is 29.2 Å². The molecule has 0 aliphatic rings. The van der Waals surface area contributed by atoms with Gasteiger partial charge in [0.2, 0.25) is 0 Å². The second-order valence-corrected chi connectivity index (χ2v) is 3.97. The van der Waals surface area contributed by atoms with Crippen molar-refractivity contribution in [2.24, 2.45) is 0 Å². The van der Waals surface area contributed by atoms with Crippen LogP contribution in [0.2, 0.25) is 5.54 Å². The normalized spacial score (nSPS) is 13.6. The number of carbonyl (C=O) groups excluding carboxylic acids is 1. The molecule has 0 aromatic heterocycles. The Morgan fingerprint density at radius 3 is 1.80 bits per heavy atom. The Morgan fingerprint density at radius 1 is 1.50 bits per heavy atom. The Balaban J connectivity index is 0. The molecule has 7 heteroatoms. The van der Waals surface area contributed by atoms with Gasteiger partial charge in [0.15, 0.2) is 0 Å². The summed E-state index contributed by atoms with van der Waals surface area (Å²) in [4.78, 5) is 34.6. The first-order chi connectivity index (χ1) is 3.85. The van der Waals surface area contributed by atoms with E-state index in [0.717, 1.165) is 6.92 Å². The zero-order valence-electron chi connectivity index (χ0n) is 5.74. The monoisotopic (exact) mass is 174 g/mol. The molecule has 5 nitrogen and oxygen atoms in total. The van der Waals surface area contributed by atoms with Gasteiger partial charge in [0, 0.05) is 5.97 Å². The second kappa shape index (κ2) is 4.45. The molecule has 0 aromatic carbocycles. The fourth-order valence-corrected chi connectivity index (χ4v) is 0.474. The van der Waals surface area contributed by atoms with E-state index in [9.17, 15) is 9.90 Å². The van der Waals surface area contributed by atoms with E-state index >= 15 is 0 Å². The van der Waals surface area contributed by atoms with Gasteiger partial charge in [0.25, 0.3) is 0 Å². The van der Waals surface area contributed by atoms with Gasteiger partial charge in [-0.3, -0.25) is 0 Å². The van der Waals surface area contributed by atoms with Crippen molar-refractivity contribution in [3.63, 3.8) is 0 Å². The van der Waals surface area contributed by atoms with Crippen LogP contribution in [0.4, 0.5) is 0 Å². The number of carboxylic acids is 1. The molecule has 10 heavy (non-hydrogen) atoms. The van der Waals surface area contributed by atoms with Crippen LogP contribution >= 0.6 is 0 Å². The average molecular weight is 174 g/mol. The number of aliphatic carboxylic acids is 1. The van der Waals surface area contributed by atoms with Crippen LogP contribution in [0.5, 0.6) is 0 Å². The van der Waals surface area contributed by atoms with Crippen molar-refractivity contribution >= 4 is 14.8 Å². The fraction of sp³-hybridized carbons (Fsp3) is 0.667. The van der Waals surface area contributed by atoms with Crippen molar-refractivity contribution in [2.45, 2.75) is 12.5 Å². The maximum atomic E-state index is 9.79. The summed E-state index contributed by atoms with van der Waals surface area (Å²) in [7, 11) is -4.49.